The van der Waals surface area contributed by atoms with Crippen molar-refractivity contribution in [1.82, 2.24) is 10.2 Å². The second-order valence-electron chi connectivity index (χ2n) is 5.75. The summed E-state index contributed by atoms with van der Waals surface area (Å²) >= 11 is 6.31. The average Bonchev–Trinajstić information content (AvgIpc) is 2.97. The lowest BCUT2D eigenvalue weighted by atomic mass is 9.96. The summed E-state index contributed by atoms with van der Waals surface area (Å²) in [6.07, 6.45) is 4.20. The summed E-state index contributed by atoms with van der Waals surface area (Å²) in [6, 6.07) is 8.08. The van der Waals surface area contributed by atoms with Gasteiger partial charge in [0, 0.05) is 18.1 Å². The molecular weight excluding hydrogens is 307 g/mol. The summed E-state index contributed by atoms with van der Waals surface area (Å²) in [5.41, 5.74) is 1.10. The molecule has 1 amide bonds. The van der Waals surface area contributed by atoms with Gasteiger partial charge in [-0.2, -0.15) is 0 Å². The van der Waals surface area contributed by atoms with E-state index >= 15 is 0 Å². The summed E-state index contributed by atoms with van der Waals surface area (Å²) in [5, 5.41) is 4.11. The molecule has 0 aromatic heterocycles. The summed E-state index contributed by atoms with van der Waals surface area (Å²) in [7, 11) is 0. The highest BCUT2D eigenvalue weighted by atomic mass is 35.5. The summed E-state index contributed by atoms with van der Waals surface area (Å²) in [6.45, 7) is 2.73. The van der Waals surface area contributed by atoms with Crippen LogP contribution in [0, 0.1) is 5.92 Å². The van der Waals surface area contributed by atoms with Gasteiger partial charge in [0.2, 0.25) is 5.91 Å². The first-order chi connectivity index (χ1) is 9.77. The molecule has 2 aliphatic rings. The van der Waals surface area contributed by atoms with Crippen molar-refractivity contribution in [3.8, 4) is 0 Å². The number of amides is 1. The Kier molecular flexibility index (Phi) is 5.91. The first-order valence-electron chi connectivity index (χ1n) is 7.53. The number of hydrogen-bond donors (Lipinski definition) is 1. The second-order valence-corrected chi connectivity index (χ2v) is 6.16. The van der Waals surface area contributed by atoms with E-state index in [1.165, 1.54) is 0 Å². The zero-order valence-corrected chi connectivity index (χ0v) is 13.6. The molecule has 2 atom stereocenters. The number of carbonyl (C=O) groups excluding carboxylic acids is 1. The molecule has 2 fully saturated rings. The van der Waals surface area contributed by atoms with Gasteiger partial charge in [0.1, 0.15) is 0 Å². The van der Waals surface area contributed by atoms with Crippen molar-refractivity contribution in [1.29, 1.82) is 0 Å². The molecule has 1 N–H and O–H groups in total. The lowest BCUT2D eigenvalue weighted by Crippen LogP contribution is -2.42. The van der Waals surface area contributed by atoms with Crippen molar-refractivity contribution in [2.45, 2.75) is 31.7 Å². The van der Waals surface area contributed by atoms with E-state index < -0.39 is 0 Å². The third kappa shape index (κ3) is 3.53. The molecular formula is C16H22Cl2N2O. The monoisotopic (exact) mass is 328 g/mol. The van der Waals surface area contributed by atoms with Gasteiger partial charge >= 0.3 is 0 Å². The largest absolute Gasteiger partial charge is 0.335 e. The highest BCUT2D eigenvalue weighted by molar-refractivity contribution is 6.31. The van der Waals surface area contributed by atoms with Gasteiger partial charge < -0.3 is 10.2 Å². The van der Waals surface area contributed by atoms with Crippen LogP contribution in [0.3, 0.4) is 0 Å². The van der Waals surface area contributed by atoms with Crippen molar-refractivity contribution in [2.75, 3.05) is 19.6 Å². The number of nitrogens with one attached hydrogen (secondary N) is 1. The number of likely N-dealkylation sites (tertiary alicyclic amines) is 1. The van der Waals surface area contributed by atoms with Crippen LogP contribution in [0.15, 0.2) is 24.3 Å². The van der Waals surface area contributed by atoms with Crippen LogP contribution in [0.2, 0.25) is 5.02 Å². The molecule has 3 nitrogen and oxygen atoms in total. The molecule has 2 heterocycles. The van der Waals surface area contributed by atoms with Crippen LogP contribution >= 0.6 is 24.0 Å². The second kappa shape index (κ2) is 7.48. The van der Waals surface area contributed by atoms with E-state index in [0.717, 1.165) is 55.9 Å². The van der Waals surface area contributed by atoms with E-state index in [2.05, 4.69) is 16.3 Å². The van der Waals surface area contributed by atoms with Crippen LogP contribution in [-0.4, -0.2) is 30.4 Å². The topological polar surface area (TPSA) is 32.3 Å². The highest BCUT2D eigenvalue weighted by Gasteiger charge is 2.34. The van der Waals surface area contributed by atoms with Gasteiger partial charge in [0.25, 0.3) is 0 Å². The fourth-order valence-corrected chi connectivity index (χ4v) is 3.66. The number of rotatable bonds is 2. The molecule has 1 aromatic rings. The highest BCUT2D eigenvalue weighted by Crippen LogP contribution is 2.36. The number of nitrogens with zero attached hydrogens (tertiary/aromatic N) is 1. The van der Waals surface area contributed by atoms with Crippen LogP contribution in [0.5, 0.6) is 0 Å². The quantitative estimate of drug-likeness (QED) is 0.902. The molecule has 5 heteroatoms. The predicted octanol–water partition coefficient (Wildman–Crippen LogP) is 3.42. The zero-order chi connectivity index (χ0) is 13.9. The molecule has 2 unspecified atom stereocenters. The van der Waals surface area contributed by atoms with E-state index in [9.17, 15) is 4.79 Å². The lowest BCUT2D eigenvalue weighted by molar-refractivity contribution is -0.137. The van der Waals surface area contributed by atoms with E-state index in [1.807, 2.05) is 18.2 Å². The van der Waals surface area contributed by atoms with Gasteiger partial charge in [-0.05, 0) is 43.9 Å². The number of piperidine rings is 1. The standard InChI is InChI=1S/C16H21ClN2O.ClH/c17-14-7-2-1-6-13(14)15-8-4-10-19(15)16(20)12-5-3-9-18-11-12;/h1-2,6-7,12,15,18H,3-5,8-11H2;1H. The van der Waals surface area contributed by atoms with Gasteiger partial charge in [0.05, 0.1) is 12.0 Å². The Morgan fingerprint density at radius 1 is 1.24 bits per heavy atom. The molecule has 2 aliphatic heterocycles. The van der Waals surface area contributed by atoms with Crippen molar-refractivity contribution < 1.29 is 4.79 Å². The predicted molar refractivity (Wildman–Crippen MR) is 88.0 cm³/mol. The molecule has 0 aliphatic carbocycles. The summed E-state index contributed by atoms with van der Waals surface area (Å²) in [4.78, 5) is 14.8. The summed E-state index contributed by atoms with van der Waals surface area (Å²) < 4.78 is 0. The van der Waals surface area contributed by atoms with E-state index in [4.69, 9.17) is 11.6 Å². The van der Waals surface area contributed by atoms with E-state index in [0.29, 0.717) is 5.91 Å². The average molecular weight is 329 g/mol. The smallest absolute Gasteiger partial charge is 0.227 e. The minimum absolute atomic E-state index is 0. The Balaban J connectivity index is 0.00000161. The number of halogens is 2. The maximum Gasteiger partial charge on any atom is 0.227 e. The van der Waals surface area contributed by atoms with E-state index in [1.54, 1.807) is 0 Å². The van der Waals surface area contributed by atoms with Crippen LogP contribution in [0.4, 0.5) is 0 Å². The van der Waals surface area contributed by atoms with Crippen molar-refractivity contribution >= 4 is 29.9 Å². The zero-order valence-electron chi connectivity index (χ0n) is 12.1. The maximum absolute atomic E-state index is 12.7. The van der Waals surface area contributed by atoms with Gasteiger partial charge in [-0.25, -0.2) is 0 Å². The minimum Gasteiger partial charge on any atom is -0.335 e. The normalized spacial score (nSPS) is 25.5. The molecule has 1 aromatic carbocycles. The number of carbonyl (C=O) groups is 1. The van der Waals surface area contributed by atoms with Crippen LogP contribution in [0.1, 0.15) is 37.3 Å². The SMILES string of the molecule is Cl.O=C(C1CCCNC1)N1CCCC1c1ccccc1Cl. The molecule has 0 radical (unpaired) electrons. The minimum atomic E-state index is 0. The molecule has 0 spiro atoms. The number of benzene rings is 1. The fourth-order valence-electron chi connectivity index (χ4n) is 3.40. The van der Waals surface area contributed by atoms with Gasteiger partial charge in [-0.3, -0.25) is 4.79 Å². The van der Waals surface area contributed by atoms with Gasteiger partial charge in [-0.1, -0.05) is 29.8 Å². The van der Waals surface area contributed by atoms with Crippen LogP contribution < -0.4 is 5.32 Å². The Bertz CT molecular complexity index is 489. The Morgan fingerprint density at radius 2 is 2.05 bits per heavy atom. The molecule has 0 saturated carbocycles. The van der Waals surface area contributed by atoms with Crippen LogP contribution in [0.25, 0.3) is 0 Å². The van der Waals surface area contributed by atoms with Crippen molar-refractivity contribution in [2.24, 2.45) is 5.92 Å². The van der Waals surface area contributed by atoms with Crippen molar-refractivity contribution in [3.05, 3.63) is 34.9 Å². The van der Waals surface area contributed by atoms with Gasteiger partial charge in [-0.15, -0.1) is 12.4 Å². The van der Waals surface area contributed by atoms with E-state index in [-0.39, 0.29) is 24.4 Å². The lowest BCUT2D eigenvalue weighted by Gasteiger charge is -2.31. The molecule has 116 valence electrons. The number of hydrogen-bond acceptors (Lipinski definition) is 2. The first kappa shape index (κ1) is 16.6. The third-order valence-corrected chi connectivity index (χ3v) is 4.79. The molecule has 21 heavy (non-hydrogen) atoms. The maximum atomic E-state index is 12.7. The molecule has 0 bridgehead atoms. The molecule has 3 rings (SSSR count). The van der Waals surface area contributed by atoms with Crippen molar-refractivity contribution in [3.63, 3.8) is 0 Å². The third-order valence-electron chi connectivity index (χ3n) is 4.45. The fraction of sp³-hybridized carbons (Fsp3) is 0.562. The van der Waals surface area contributed by atoms with Crippen LogP contribution in [-0.2, 0) is 4.79 Å². The summed E-state index contributed by atoms with van der Waals surface area (Å²) in [5.74, 6) is 0.450. The first-order valence-corrected chi connectivity index (χ1v) is 7.91. The molecule has 2 saturated heterocycles. The van der Waals surface area contributed by atoms with Gasteiger partial charge in [0.15, 0.2) is 0 Å². The Morgan fingerprint density at radius 3 is 2.76 bits per heavy atom. The Hall–Kier alpha value is -0.770. The Labute approximate surface area is 137 Å².